The number of benzene rings is 2. The number of aliphatic hydroxyl groups is 1. The molecule has 2 aromatic carbocycles. The van der Waals surface area contributed by atoms with Gasteiger partial charge in [-0.25, -0.2) is 4.39 Å². The first-order chi connectivity index (χ1) is 9.74. The zero-order valence-electron chi connectivity index (χ0n) is 11.3. The fourth-order valence-electron chi connectivity index (χ4n) is 1.85. The zero-order valence-corrected chi connectivity index (χ0v) is 11.3. The lowest BCUT2D eigenvalue weighted by Crippen LogP contribution is -2.02. The molecule has 20 heavy (non-hydrogen) atoms. The number of para-hydroxylation sites is 1. The van der Waals surface area contributed by atoms with Crippen LogP contribution in [0, 0.1) is 5.82 Å². The molecule has 0 fully saturated rings. The van der Waals surface area contributed by atoms with Crippen LogP contribution < -0.4 is 9.47 Å². The highest BCUT2D eigenvalue weighted by Gasteiger charge is 2.10. The van der Waals surface area contributed by atoms with Crippen LogP contribution >= 0.6 is 0 Å². The Kier molecular flexibility index (Phi) is 4.96. The van der Waals surface area contributed by atoms with Crippen molar-refractivity contribution < 1.29 is 19.0 Å². The van der Waals surface area contributed by atoms with Crippen molar-refractivity contribution in [3.8, 4) is 11.5 Å². The molecule has 0 aliphatic carbocycles. The third-order valence-electron chi connectivity index (χ3n) is 2.83. The smallest absolute Gasteiger partial charge is 0.167 e. The summed E-state index contributed by atoms with van der Waals surface area (Å²) in [6, 6.07) is 11.5. The lowest BCUT2D eigenvalue weighted by molar-refractivity contribution is 0.243. The predicted octanol–water partition coefficient (Wildman–Crippen LogP) is 3.30. The Balaban J connectivity index is 2.16. The second kappa shape index (κ2) is 6.91. The van der Waals surface area contributed by atoms with E-state index in [2.05, 4.69) is 0 Å². The molecule has 0 saturated carbocycles. The summed E-state index contributed by atoms with van der Waals surface area (Å²) in [6.07, 6.45) is 0. The van der Waals surface area contributed by atoms with Gasteiger partial charge in [0.05, 0.1) is 13.2 Å². The maximum absolute atomic E-state index is 12.8. The molecule has 0 saturated heterocycles. The molecule has 0 aliphatic heterocycles. The minimum absolute atomic E-state index is 0.125. The second-order valence-electron chi connectivity index (χ2n) is 4.25. The number of ether oxygens (including phenoxy) is 2. The maximum atomic E-state index is 12.8. The highest BCUT2D eigenvalue weighted by Crippen LogP contribution is 2.32. The summed E-state index contributed by atoms with van der Waals surface area (Å²) in [5.41, 5.74) is 1.51. The van der Waals surface area contributed by atoms with Crippen LogP contribution in [-0.4, -0.2) is 11.7 Å². The van der Waals surface area contributed by atoms with E-state index in [-0.39, 0.29) is 19.0 Å². The summed E-state index contributed by atoms with van der Waals surface area (Å²) in [5, 5.41) is 9.36. The van der Waals surface area contributed by atoms with Gasteiger partial charge in [0, 0.05) is 5.56 Å². The van der Waals surface area contributed by atoms with Crippen molar-refractivity contribution in [2.45, 2.75) is 20.1 Å². The van der Waals surface area contributed by atoms with Gasteiger partial charge in [-0.15, -0.1) is 0 Å². The molecule has 0 aromatic heterocycles. The minimum atomic E-state index is -0.278. The lowest BCUT2D eigenvalue weighted by Gasteiger charge is -2.15. The fourth-order valence-corrected chi connectivity index (χ4v) is 1.85. The van der Waals surface area contributed by atoms with Crippen LogP contribution in [0.1, 0.15) is 18.1 Å². The summed E-state index contributed by atoms with van der Waals surface area (Å²) < 4.78 is 24.1. The van der Waals surface area contributed by atoms with E-state index < -0.39 is 0 Å². The monoisotopic (exact) mass is 276 g/mol. The Morgan fingerprint density at radius 2 is 1.80 bits per heavy atom. The molecule has 0 atom stereocenters. The van der Waals surface area contributed by atoms with Crippen molar-refractivity contribution in [2.24, 2.45) is 0 Å². The van der Waals surface area contributed by atoms with Gasteiger partial charge < -0.3 is 14.6 Å². The fraction of sp³-hybridized carbons (Fsp3) is 0.250. The topological polar surface area (TPSA) is 38.7 Å². The third-order valence-corrected chi connectivity index (χ3v) is 2.83. The van der Waals surface area contributed by atoms with Crippen LogP contribution in [-0.2, 0) is 13.2 Å². The van der Waals surface area contributed by atoms with E-state index in [1.165, 1.54) is 12.1 Å². The van der Waals surface area contributed by atoms with Crippen molar-refractivity contribution in [2.75, 3.05) is 6.61 Å². The highest BCUT2D eigenvalue weighted by molar-refractivity contribution is 5.46. The molecule has 1 N–H and O–H groups in total. The minimum Gasteiger partial charge on any atom is -0.490 e. The first kappa shape index (κ1) is 14.3. The van der Waals surface area contributed by atoms with E-state index in [4.69, 9.17) is 9.47 Å². The van der Waals surface area contributed by atoms with Crippen molar-refractivity contribution in [3.63, 3.8) is 0 Å². The third kappa shape index (κ3) is 3.48. The Bertz CT molecular complexity index is 552. The van der Waals surface area contributed by atoms with Gasteiger partial charge in [0.2, 0.25) is 0 Å². The van der Waals surface area contributed by atoms with Crippen molar-refractivity contribution in [1.82, 2.24) is 0 Å². The van der Waals surface area contributed by atoms with E-state index in [0.717, 1.165) is 5.56 Å². The van der Waals surface area contributed by atoms with Gasteiger partial charge in [0.15, 0.2) is 11.5 Å². The first-order valence-corrected chi connectivity index (χ1v) is 6.47. The second-order valence-corrected chi connectivity index (χ2v) is 4.25. The average Bonchev–Trinajstić information content (AvgIpc) is 2.47. The highest BCUT2D eigenvalue weighted by atomic mass is 19.1. The molecule has 0 heterocycles. The molecular weight excluding hydrogens is 259 g/mol. The van der Waals surface area contributed by atoms with Crippen molar-refractivity contribution in [3.05, 3.63) is 59.4 Å². The van der Waals surface area contributed by atoms with Crippen LogP contribution in [0.5, 0.6) is 11.5 Å². The lowest BCUT2D eigenvalue weighted by atomic mass is 10.2. The van der Waals surface area contributed by atoms with Gasteiger partial charge in [-0.1, -0.05) is 24.3 Å². The quantitative estimate of drug-likeness (QED) is 0.879. The molecule has 0 aliphatic rings. The maximum Gasteiger partial charge on any atom is 0.167 e. The van der Waals surface area contributed by atoms with Crippen LogP contribution in [0.3, 0.4) is 0 Å². The van der Waals surface area contributed by atoms with E-state index in [0.29, 0.717) is 23.7 Å². The van der Waals surface area contributed by atoms with E-state index in [1.807, 2.05) is 6.92 Å². The van der Waals surface area contributed by atoms with Gasteiger partial charge in [-0.3, -0.25) is 0 Å². The standard InChI is InChI=1S/C16H17FO3/c1-2-19-15-5-3-4-13(10-18)16(15)20-11-12-6-8-14(17)9-7-12/h3-9,18H,2,10-11H2,1H3. The van der Waals surface area contributed by atoms with Gasteiger partial charge in [0.1, 0.15) is 12.4 Å². The largest absolute Gasteiger partial charge is 0.490 e. The zero-order chi connectivity index (χ0) is 14.4. The molecule has 2 rings (SSSR count). The predicted molar refractivity (Wildman–Crippen MR) is 74.3 cm³/mol. The number of aliphatic hydroxyl groups excluding tert-OH is 1. The summed E-state index contributed by atoms with van der Waals surface area (Å²) in [6.45, 7) is 2.56. The number of halogens is 1. The summed E-state index contributed by atoms with van der Waals surface area (Å²) in [4.78, 5) is 0. The normalized spacial score (nSPS) is 10.3. The molecule has 0 unspecified atom stereocenters. The molecule has 4 heteroatoms. The Labute approximate surface area is 117 Å². The van der Waals surface area contributed by atoms with Gasteiger partial charge in [-0.2, -0.15) is 0 Å². The Hall–Kier alpha value is -2.07. The number of rotatable bonds is 6. The molecule has 0 bridgehead atoms. The summed E-state index contributed by atoms with van der Waals surface area (Å²) >= 11 is 0. The molecule has 0 spiro atoms. The van der Waals surface area contributed by atoms with Crippen molar-refractivity contribution in [1.29, 1.82) is 0 Å². The molecule has 106 valence electrons. The Morgan fingerprint density at radius 3 is 2.45 bits per heavy atom. The number of hydrogen-bond donors (Lipinski definition) is 1. The van der Waals surface area contributed by atoms with Crippen LogP contribution in [0.2, 0.25) is 0 Å². The molecule has 0 amide bonds. The van der Waals surface area contributed by atoms with Gasteiger partial charge in [0.25, 0.3) is 0 Å². The Morgan fingerprint density at radius 1 is 1.05 bits per heavy atom. The molecular formula is C16H17FO3. The molecule has 2 aromatic rings. The van der Waals surface area contributed by atoms with Gasteiger partial charge >= 0.3 is 0 Å². The number of hydrogen-bond acceptors (Lipinski definition) is 3. The summed E-state index contributed by atoms with van der Waals surface area (Å²) in [7, 11) is 0. The molecule has 3 nitrogen and oxygen atoms in total. The van der Waals surface area contributed by atoms with Gasteiger partial charge in [-0.05, 0) is 30.7 Å². The van der Waals surface area contributed by atoms with Crippen LogP contribution in [0.4, 0.5) is 4.39 Å². The average molecular weight is 276 g/mol. The van der Waals surface area contributed by atoms with E-state index in [1.54, 1.807) is 30.3 Å². The van der Waals surface area contributed by atoms with Crippen LogP contribution in [0.15, 0.2) is 42.5 Å². The van der Waals surface area contributed by atoms with E-state index in [9.17, 15) is 9.50 Å². The first-order valence-electron chi connectivity index (χ1n) is 6.47. The molecule has 0 radical (unpaired) electrons. The summed E-state index contributed by atoms with van der Waals surface area (Å²) in [5.74, 6) is 0.849. The SMILES string of the molecule is CCOc1cccc(CO)c1OCc1ccc(F)cc1. The van der Waals surface area contributed by atoms with Crippen molar-refractivity contribution >= 4 is 0 Å². The van der Waals surface area contributed by atoms with E-state index >= 15 is 0 Å². The van der Waals surface area contributed by atoms with Crippen LogP contribution in [0.25, 0.3) is 0 Å².